The van der Waals surface area contributed by atoms with Crippen molar-refractivity contribution in [3.63, 3.8) is 0 Å². The number of fused-ring (bicyclic) bond motifs is 1. The molecule has 8 heteroatoms. The largest absolute Gasteiger partial charge is 0.457 e. The predicted octanol–water partition coefficient (Wildman–Crippen LogP) is 4.24. The van der Waals surface area contributed by atoms with Crippen molar-refractivity contribution < 1.29 is 24.2 Å². The summed E-state index contributed by atoms with van der Waals surface area (Å²) in [5, 5.41) is 13.6. The van der Waals surface area contributed by atoms with Gasteiger partial charge in [0, 0.05) is 37.0 Å². The smallest absolute Gasteiger partial charge is 0.338 e. The minimum Gasteiger partial charge on any atom is -0.457 e. The van der Waals surface area contributed by atoms with Crippen LogP contribution >= 0.6 is 0 Å². The first-order valence-corrected chi connectivity index (χ1v) is 14.4. The lowest BCUT2D eigenvalue weighted by Gasteiger charge is -2.37. The normalized spacial score (nSPS) is 17.4. The molecule has 4 atom stereocenters. The third-order valence-electron chi connectivity index (χ3n) is 7.48. The Morgan fingerprint density at radius 2 is 1.80 bits per heavy atom. The first-order chi connectivity index (χ1) is 19.0. The van der Waals surface area contributed by atoms with Gasteiger partial charge in [-0.1, -0.05) is 70.5 Å². The lowest BCUT2D eigenvalue weighted by molar-refractivity contribution is -0.125. The molecule has 218 valence electrons. The third kappa shape index (κ3) is 8.89. The highest BCUT2D eigenvalue weighted by atomic mass is 16.5. The molecule has 4 N–H and O–H groups in total. The van der Waals surface area contributed by atoms with Crippen molar-refractivity contribution in [1.82, 2.24) is 5.32 Å². The van der Waals surface area contributed by atoms with Crippen LogP contribution in [0, 0.1) is 11.3 Å². The van der Waals surface area contributed by atoms with Crippen molar-refractivity contribution in [3.8, 4) is 0 Å². The summed E-state index contributed by atoms with van der Waals surface area (Å²) in [4.78, 5) is 40.4. The van der Waals surface area contributed by atoms with Crippen LogP contribution in [0.4, 0.5) is 5.69 Å². The highest BCUT2D eigenvalue weighted by molar-refractivity contribution is 5.95. The van der Waals surface area contributed by atoms with Gasteiger partial charge in [0.1, 0.15) is 6.10 Å². The van der Waals surface area contributed by atoms with Crippen LogP contribution in [0.1, 0.15) is 75.7 Å². The summed E-state index contributed by atoms with van der Waals surface area (Å²) < 4.78 is 5.81. The van der Waals surface area contributed by atoms with Crippen LogP contribution in [0.2, 0.25) is 0 Å². The van der Waals surface area contributed by atoms with Crippen LogP contribution in [0.3, 0.4) is 0 Å². The molecule has 0 spiro atoms. The number of esters is 1. The summed E-state index contributed by atoms with van der Waals surface area (Å²) in [5.74, 6) is -0.947. The molecular weight excluding hydrogens is 506 g/mol. The number of hydrogen-bond donors (Lipinski definition) is 3. The average Bonchev–Trinajstić information content (AvgIpc) is 2.92. The molecular formula is C32H45N3O5. The van der Waals surface area contributed by atoms with Crippen molar-refractivity contribution in [2.75, 3.05) is 18.0 Å². The fourth-order valence-corrected chi connectivity index (χ4v) is 5.23. The van der Waals surface area contributed by atoms with Gasteiger partial charge in [-0.2, -0.15) is 0 Å². The Morgan fingerprint density at radius 1 is 1.12 bits per heavy atom. The van der Waals surface area contributed by atoms with Gasteiger partial charge in [-0.3, -0.25) is 9.59 Å². The lowest BCUT2D eigenvalue weighted by atomic mass is 9.79. The quantitative estimate of drug-likeness (QED) is 0.253. The summed E-state index contributed by atoms with van der Waals surface area (Å²) in [6.45, 7) is 8.67. The molecule has 2 aromatic carbocycles. The number of carbonyl (C=O) groups is 3. The zero-order valence-corrected chi connectivity index (χ0v) is 24.3. The van der Waals surface area contributed by atoms with Gasteiger partial charge in [-0.15, -0.1) is 0 Å². The van der Waals surface area contributed by atoms with Crippen molar-refractivity contribution in [3.05, 3.63) is 65.7 Å². The SMILES string of the molecule is CCCCNC(=O)[C@H](C)C[C@H](O)[C@@H](N)CC(C)(C)CC(=O)N1C[C@H](OC(=O)c2ccccc2)Cc2ccccc21. The molecule has 8 nitrogen and oxygen atoms in total. The number of benzene rings is 2. The number of aliphatic hydroxyl groups is 1. The molecule has 0 aromatic heterocycles. The zero-order valence-electron chi connectivity index (χ0n) is 24.3. The van der Waals surface area contributed by atoms with E-state index < -0.39 is 29.6 Å². The number of ether oxygens (including phenoxy) is 1. The van der Waals surface area contributed by atoms with Crippen LogP contribution < -0.4 is 16.0 Å². The number of amides is 2. The Bertz CT molecular complexity index is 1140. The average molecular weight is 552 g/mol. The van der Waals surface area contributed by atoms with Crippen LogP contribution in [-0.4, -0.2) is 54.2 Å². The Morgan fingerprint density at radius 3 is 2.50 bits per heavy atom. The van der Waals surface area contributed by atoms with Crippen molar-refractivity contribution in [2.45, 2.75) is 84.5 Å². The number of nitrogens with zero attached hydrogens (tertiary/aromatic N) is 1. The monoisotopic (exact) mass is 551 g/mol. The second kappa shape index (κ2) is 14.4. The van der Waals surface area contributed by atoms with Gasteiger partial charge in [-0.25, -0.2) is 4.79 Å². The van der Waals surface area contributed by atoms with E-state index in [1.165, 1.54) is 0 Å². The van der Waals surface area contributed by atoms with Gasteiger partial charge in [0.15, 0.2) is 0 Å². The number of carbonyl (C=O) groups excluding carboxylic acids is 3. The molecule has 1 aliphatic rings. The fourth-order valence-electron chi connectivity index (χ4n) is 5.23. The molecule has 0 saturated heterocycles. The van der Waals surface area contributed by atoms with E-state index in [1.54, 1.807) is 36.1 Å². The van der Waals surface area contributed by atoms with E-state index in [0.717, 1.165) is 24.1 Å². The van der Waals surface area contributed by atoms with E-state index in [1.807, 2.05) is 44.2 Å². The summed E-state index contributed by atoms with van der Waals surface area (Å²) in [6, 6.07) is 15.9. The van der Waals surface area contributed by atoms with Gasteiger partial charge < -0.3 is 25.8 Å². The highest BCUT2D eigenvalue weighted by Crippen LogP contribution is 2.33. The van der Waals surface area contributed by atoms with Crippen molar-refractivity contribution in [2.24, 2.45) is 17.1 Å². The second-order valence-electron chi connectivity index (χ2n) is 11.8. The number of nitrogens with one attached hydrogen (secondary N) is 1. The minimum absolute atomic E-state index is 0.0829. The zero-order chi connectivity index (χ0) is 29.3. The third-order valence-corrected chi connectivity index (χ3v) is 7.48. The molecule has 0 radical (unpaired) electrons. The molecule has 0 fully saturated rings. The number of rotatable bonds is 13. The molecule has 0 saturated carbocycles. The maximum Gasteiger partial charge on any atom is 0.338 e. The summed E-state index contributed by atoms with van der Waals surface area (Å²) in [5.41, 5.74) is 8.11. The molecule has 2 aromatic rings. The molecule has 2 amide bonds. The molecule has 0 aliphatic carbocycles. The first-order valence-electron chi connectivity index (χ1n) is 14.4. The maximum atomic E-state index is 13.7. The van der Waals surface area contributed by atoms with Crippen LogP contribution in [-0.2, 0) is 20.7 Å². The van der Waals surface area contributed by atoms with E-state index in [9.17, 15) is 19.5 Å². The summed E-state index contributed by atoms with van der Waals surface area (Å²) in [7, 11) is 0. The Kier molecular flexibility index (Phi) is 11.3. The van der Waals surface area contributed by atoms with E-state index in [-0.39, 0.29) is 37.1 Å². The summed E-state index contributed by atoms with van der Waals surface area (Å²) in [6.07, 6.45) is 1.99. The van der Waals surface area contributed by atoms with E-state index in [2.05, 4.69) is 12.2 Å². The van der Waals surface area contributed by atoms with Crippen LogP contribution in [0.15, 0.2) is 54.6 Å². The van der Waals surface area contributed by atoms with Gasteiger partial charge >= 0.3 is 5.97 Å². The molecule has 40 heavy (non-hydrogen) atoms. The predicted molar refractivity (Wildman–Crippen MR) is 157 cm³/mol. The Labute approximate surface area is 238 Å². The molecule has 3 rings (SSSR count). The van der Waals surface area contributed by atoms with Gasteiger partial charge in [0.2, 0.25) is 11.8 Å². The molecule has 1 aliphatic heterocycles. The number of aliphatic hydroxyl groups excluding tert-OH is 1. The Hall–Kier alpha value is -3.23. The van der Waals surface area contributed by atoms with Gasteiger partial charge in [0.05, 0.1) is 18.2 Å². The highest BCUT2D eigenvalue weighted by Gasteiger charge is 2.35. The lowest BCUT2D eigenvalue weighted by Crippen LogP contribution is -2.46. The van der Waals surface area contributed by atoms with E-state index in [0.29, 0.717) is 24.9 Å². The maximum absolute atomic E-state index is 13.7. The Balaban J connectivity index is 1.61. The molecule has 1 heterocycles. The van der Waals surface area contributed by atoms with E-state index >= 15 is 0 Å². The molecule has 0 unspecified atom stereocenters. The van der Waals surface area contributed by atoms with Crippen LogP contribution in [0.25, 0.3) is 0 Å². The van der Waals surface area contributed by atoms with E-state index in [4.69, 9.17) is 10.5 Å². The second-order valence-corrected chi connectivity index (χ2v) is 11.8. The number of unbranched alkanes of at least 4 members (excludes halogenated alkanes) is 1. The van der Waals surface area contributed by atoms with Gasteiger partial charge in [-0.05, 0) is 48.4 Å². The van der Waals surface area contributed by atoms with Gasteiger partial charge in [0.25, 0.3) is 0 Å². The topological polar surface area (TPSA) is 122 Å². The number of hydrogen-bond acceptors (Lipinski definition) is 6. The number of anilines is 1. The van der Waals surface area contributed by atoms with Crippen LogP contribution in [0.5, 0.6) is 0 Å². The summed E-state index contributed by atoms with van der Waals surface area (Å²) >= 11 is 0. The number of para-hydroxylation sites is 1. The van der Waals surface area contributed by atoms with Crippen molar-refractivity contribution >= 4 is 23.5 Å². The fraction of sp³-hybridized carbons (Fsp3) is 0.531. The standard InChI is InChI=1S/C32H45N3O5/c1-5-6-16-34-30(38)22(2)17-28(36)26(33)19-32(3,4)20-29(37)35-21-25(18-24-14-10-11-15-27(24)35)40-31(39)23-12-8-7-9-13-23/h7-15,22,25-26,28,36H,5-6,16-21,33H2,1-4H3,(H,34,38)/t22-,25-,26+,28+/m1/s1. The number of nitrogens with two attached hydrogens (primary N) is 1. The van der Waals surface area contributed by atoms with Crippen molar-refractivity contribution in [1.29, 1.82) is 0 Å². The first kappa shape index (κ1) is 31.3. The minimum atomic E-state index is -0.862. The molecule has 0 bridgehead atoms.